The molecule has 12 heterocycles. The minimum absolute atomic E-state index is 0.00456. The van der Waals surface area contributed by atoms with Crippen LogP contribution in [-0.2, 0) is 95.4 Å². The lowest BCUT2D eigenvalue weighted by atomic mass is 10.1. The number of halogens is 8. The Morgan fingerprint density at radius 1 is 0.393 bits per heavy atom. The first-order valence-corrected chi connectivity index (χ1v) is 57.8. The molecule has 16 aromatic rings. The monoisotopic (exact) mass is 2270 g/mol. The molecule has 0 aliphatic carbocycles. The number of likely N-dealkylation sites (tertiary alicyclic amines) is 1. The molecule has 20 rings (SSSR count). The predicted octanol–water partition coefficient (Wildman–Crippen LogP) is 15.2. The lowest BCUT2D eigenvalue weighted by Gasteiger charge is -2.26. The number of amidine groups is 1. The number of hydrogen-bond donors (Lipinski definition) is 3. The summed E-state index contributed by atoms with van der Waals surface area (Å²) in [6.07, 6.45) is 7.27. The van der Waals surface area contributed by atoms with Gasteiger partial charge in [0, 0.05) is 108 Å². The standard InChI is InChI=1S/C27H26ClFN4O5S2.C27H26ClFN4O4S2.C25H20ClFN4O4S2.C23H17ClFN3O4S2/c28-25-5-6-26(39-25)40(36,37)16-20(34)13-18-1-4-24(22(29)14-18)33-17-31-23-15-19(2-3-21(23)27(33)35)30-7-8-32-9-11-38-12-10-32;28-25-7-8-26(38-25)39(36,37)16-20(34)13-18-3-6-24(22(29)14-18)33-17-31-23-15-19(4-5-21(23)27(33)35)30-9-12-32-10-1-2-11-32;1-30-9-8-28-24(30)16-3-4-18-20(12-16)29-14-31(25(18)33)21-5-2-15(11-19(21)27)10-17(32)13-37(34,35)23-7-6-22(26)36-23;24-21-3-4-22(33-21)34(31,32)11-15(29)7-13-1-2-20(17(25)8-13)28-12-27-19-10-18-14(5-6-26-18)9-16(19)23(28)30/h1-6,14-15,17,30H,7-13,16H2;3-8,14-15,17,30H,1-2,9-13,16H2;2-7,11-12,14H,8-10,13H2,1H3;1-4,8-10,12,26H,5-7,11H2. The van der Waals surface area contributed by atoms with E-state index >= 15 is 13.2 Å². The van der Waals surface area contributed by atoms with Crippen LogP contribution in [0, 0.1) is 23.3 Å². The highest BCUT2D eigenvalue weighted by Crippen LogP contribution is 2.34. The van der Waals surface area contributed by atoms with Crippen molar-refractivity contribution in [2.24, 2.45) is 4.99 Å². The van der Waals surface area contributed by atoms with Gasteiger partial charge in [-0.1, -0.05) is 76.7 Å². The summed E-state index contributed by atoms with van der Waals surface area (Å²) in [5.41, 5.74) is 5.87. The summed E-state index contributed by atoms with van der Waals surface area (Å²) in [6.45, 7) is 11.2. The van der Waals surface area contributed by atoms with E-state index in [1.54, 1.807) is 54.6 Å². The van der Waals surface area contributed by atoms with Gasteiger partial charge in [-0.25, -0.2) is 71.2 Å². The Labute approximate surface area is 890 Å². The zero-order valence-corrected chi connectivity index (χ0v) is 88.8. The average molecular weight is 2270 g/mol. The Balaban J connectivity index is 0.000000136. The number of sulfone groups is 4. The SMILES string of the molecule is CN1CCN=C1c1ccc2c(=O)n(-c3ccc(CC(=O)CS(=O)(=O)c4ccc(Cl)s4)cc3F)cnc2c1.O=C(Cc1ccc(-n2cnc3cc(NCCN4CCCC4)ccc3c2=O)c(F)c1)CS(=O)(=O)c1ccc(Cl)s1.O=C(Cc1ccc(-n2cnc3cc(NCCN4CCOCC4)ccc3c2=O)c(F)c1)CS(=O)(=O)c1ccc(Cl)s1.O=C(Cc1ccc(-n2cnc3cc4c(cc3c2=O)CCN4)c(F)c1)CS(=O)(=O)c1ccc(Cl)s1. The maximum Gasteiger partial charge on any atom is 0.265 e. The van der Waals surface area contributed by atoms with Crippen molar-refractivity contribution in [2.45, 2.75) is 61.8 Å². The topological polar surface area (TPSA) is 412 Å². The minimum Gasteiger partial charge on any atom is -0.384 e. The third kappa shape index (κ3) is 26.2. The zero-order chi connectivity index (χ0) is 106. The van der Waals surface area contributed by atoms with Crippen LogP contribution in [0.1, 0.15) is 46.2 Å². The van der Waals surface area contributed by atoms with Crippen LogP contribution in [0.15, 0.2) is 254 Å². The number of morpholine rings is 1. The van der Waals surface area contributed by atoms with E-state index < -0.39 is 131 Å². The fourth-order valence-electron chi connectivity index (χ4n) is 17.2. The van der Waals surface area contributed by atoms with E-state index in [0.717, 1.165) is 207 Å². The Morgan fingerprint density at radius 2 is 0.727 bits per heavy atom. The first-order chi connectivity index (χ1) is 71.7. The van der Waals surface area contributed by atoms with Crippen molar-refractivity contribution < 1.29 is 75.1 Å². The molecule has 0 atom stereocenters. The highest BCUT2D eigenvalue weighted by molar-refractivity contribution is 7.95. The summed E-state index contributed by atoms with van der Waals surface area (Å²) >= 11 is 26.7. The number of nitrogens with one attached hydrogen (secondary N) is 3. The van der Waals surface area contributed by atoms with Crippen molar-refractivity contribution in [3.63, 3.8) is 0 Å². The lowest BCUT2D eigenvalue weighted by molar-refractivity contribution is -0.116. The third-order valence-corrected chi connectivity index (χ3v) is 38.6. The van der Waals surface area contributed by atoms with Crippen LogP contribution in [0.25, 0.3) is 66.4 Å². The van der Waals surface area contributed by atoms with E-state index in [4.69, 9.17) is 51.1 Å². The third-order valence-electron chi connectivity index (χ3n) is 24.6. The van der Waals surface area contributed by atoms with Gasteiger partial charge in [0.1, 0.15) is 94.3 Å². The molecule has 0 spiro atoms. The lowest BCUT2D eigenvalue weighted by Crippen LogP contribution is -2.39. The summed E-state index contributed by atoms with van der Waals surface area (Å²) in [4.78, 5) is 131. The summed E-state index contributed by atoms with van der Waals surface area (Å²) in [6, 6.07) is 46.5. The van der Waals surface area contributed by atoms with Gasteiger partial charge >= 0.3 is 0 Å². The molecule has 0 saturated carbocycles. The number of aliphatic imine (C=N–C) groups is 1. The largest absolute Gasteiger partial charge is 0.384 e. The number of anilines is 3. The van der Waals surface area contributed by atoms with Gasteiger partial charge < -0.3 is 30.5 Å². The molecule has 8 aromatic heterocycles. The molecule has 150 heavy (non-hydrogen) atoms. The molecule has 0 unspecified atom stereocenters. The number of ketones is 4. The molecule has 2 saturated heterocycles. The van der Waals surface area contributed by atoms with Crippen molar-refractivity contribution in [1.82, 2.24) is 52.9 Å². The van der Waals surface area contributed by atoms with Gasteiger partial charge in [-0.05, 0) is 218 Å². The number of carbonyl (C=O) groups is 4. The van der Waals surface area contributed by atoms with Gasteiger partial charge in [0.05, 0.1) is 103 Å². The van der Waals surface area contributed by atoms with Crippen LogP contribution in [-0.4, -0.2) is 231 Å². The molecule has 4 aliphatic rings. The maximum atomic E-state index is 15.1. The number of hydrogen-bond acceptors (Lipinski definition) is 32. The van der Waals surface area contributed by atoms with Gasteiger partial charge in [0.15, 0.2) is 62.5 Å². The van der Waals surface area contributed by atoms with Crippen molar-refractivity contribution in [1.29, 1.82) is 0 Å². The van der Waals surface area contributed by atoms with Gasteiger partial charge in [-0.15, -0.1) is 45.3 Å². The molecule has 48 heteroatoms. The number of thiophene rings is 4. The van der Waals surface area contributed by atoms with Gasteiger partial charge in [-0.3, -0.25) is 66.5 Å². The second kappa shape index (κ2) is 47.0. The fourth-order valence-corrected chi connectivity index (χ4v) is 28.5. The van der Waals surface area contributed by atoms with Gasteiger partial charge in [0.25, 0.3) is 22.2 Å². The number of fused-ring (bicyclic) bond motifs is 5. The number of likely N-dealkylation sites (N-methyl/N-ethyl adjacent to an activating group) is 1. The summed E-state index contributed by atoms with van der Waals surface area (Å²) in [5.74, 6) is -7.28. The van der Waals surface area contributed by atoms with Crippen LogP contribution in [0.5, 0.6) is 0 Å². The molecule has 0 bridgehead atoms. The van der Waals surface area contributed by atoms with Crippen LogP contribution in [0.3, 0.4) is 0 Å². The Kier molecular flexibility index (Phi) is 34.0. The van der Waals surface area contributed by atoms with E-state index in [-0.39, 0.29) is 65.3 Å². The summed E-state index contributed by atoms with van der Waals surface area (Å²) < 4.78 is 171. The first kappa shape index (κ1) is 108. The smallest absolute Gasteiger partial charge is 0.265 e. The molecule has 3 N–H and O–H groups in total. The van der Waals surface area contributed by atoms with Crippen LogP contribution in [0.4, 0.5) is 34.6 Å². The first-order valence-electron chi connectivity index (χ1n) is 46.5. The van der Waals surface area contributed by atoms with Crippen molar-refractivity contribution in [3.8, 4) is 22.7 Å². The highest BCUT2D eigenvalue weighted by atomic mass is 35.5. The summed E-state index contributed by atoms with van der Waals surface area (Å²) in [7, 11) is -13.4. The molecular weight excluding hydrogens is 2180 g/mol. The molecule has 4 aliphatic heterocycles. The number of rotatable bonds is 33. The maximum absolute atomic E-state index is 15.1. The minimum atomic E-state index is -3.83. The van der Waals surface area contributed by atoms with Gasteiger partial charge in [-0.2, -0.15) is 0 Å². The Bertz CT molecular complexity index is 8800. The van der Waals surface area contributed by atoms with Gasteiger partial charge in [0.2, 0.25) is 0 Å². The molecule has 778 valence electrons. The quantitative estimate of drug-likeness (QED) is 0.0322. The van der Waals surface area contributed by atoms with E-state index in [1.807, 2.05) is 24.1 Å². The zero-order valence-electron chi connectivity index (χ0n) is 79.3. The second-order valence-electron chi connectivity index (χ2n) is 35.3. The van der Waals surface area contributed by atoms with E-state index in [1.165, 1.54) is 135 Å². The number of nitrogens with zero attached hydrogens (tertiary/aromatic N) is 12. The van der Waals surface area contributed by atoms with Crippen molar-refractivity contribution in [2.75, 3.05) is 131 Å². The predicted molar refractivity (Wildman–Crippen MR) is 576 cm³/mol. The molecule has 0 radical (unpaired) electrons. The van der Waals surface area contributed by atoms with Crippen molar-refractivity contribution in [3.05, 3.63) is 329 Å². The van der Waals surface area contributed by atoms with E-state index in [2.05, 4.69) is 50.7 Å². The number of Topliss-reactive ketones (excluding diaryl/α,β-unsaturated/α-hetero) is 4. The Hall–Kier alpha value is -12.8. The molecule has 32 nitrogen and oxygen atoms in total. The van der Waals surface area contributed by atoms with Crippen molar-refractivity contribution >= 4 is 221 Å². The number of carbonyl (C=O) groups excluding carboxylic acids is 4. The van der Waals surface area contributed by atoms with E-state index in [9.17, 15) is 76.4 Å². The number of ether oxygens (including phenoxy) is 1. The molecule has 0 amide bonds. The Morgan fingerprint density at radius 3 is 1.06 bits per heavy atom. The van der Waals surface area contributed by atoms with E-state index in [0.29, 0.717) is 89.8 Å². The second-order valence-corrected chi connectivity index (χ2v) is 51.1. The normalized spacial score (nSPS) is 13.9. The number of benzene rings is 8. The average Bonchev–Trinajstić information content (AvgIpc) is 1.37. The number of aromatic nitrogens is 8. The highest BCUT2D eigenvalue weighted by Gasteiger charge is 2.30. The van der Waals surface area contributed by atoms with Crippen LogP contribution >= 0.6 is 91.8 Å². The summed E-state index contributed by atoms with van der Waals surface area (Å²) in [5, 5.41) is 11.3. The molecular formula is C102H89Cl4F4N15O17S8. The fraction of sp³-hybridized carbons (Fsp3) is 0.245. The molecule has 8 aromatic carbocycles. The molecule has 2 fully saturated rings. The van der Waals surface area contributed by atoms with Crippen LogP contribution in [0.2, 0.25) is 17.3 Å². The van der Waals surface area contributed by atoms with Crippen LogP contribution < -0.4 is 38.2 Å².